The van der Waals surface area contributed by atoms with Crippen molar-refractivity contribution >= 4 is 21.7 Å². The first-order valence-corrected chi connectivity index (χ1v) is 14.3. The number of sulfonamides is 1. The molecule has 0 bridgehead atoms. The highest BCUT2D eigenvalue weighted by molar-refractivity contribution is 7.89. The fourth-order valence-electron chi connectivity index (χ4n) is 5.65. The number of esters is 1. The van der Waals surface area contributed by atoms with Crippen molar-refractivity contribution in [3.8, 4) is 0 Å². The van der Waals surface area contributed by atoms with Gasteiger partial charge in [0.15, 0.2) is 0 Å². The summed E-state index contributed by atoms with van der Waals surface area (Å²) in [6, 6.07) is 13.1. The van der Waals surface area contributed by atoms with E-state index in [1.165, 1.54) is 17.5 Å². The van der Waals surface area contributed by atoms with Gasteiger partial charge in [-0.3, -0.25) is 0 Å². The van der Waals surface area contributed by atoms with Crippen molar-refractivity contribution < 1.29 is 22.3 Å². The van der Waals surface area contributed by atoms with E-state index < -0.39 is 33.1 Å². The van der Waals surface area contributed by atoms with Crippen LogP contribution in [0.25, 0.3) is 0 Å². The van der Waals surface area contributed by atoms with Crippen LogP contribution in [0.1, 0.15) is 55.0 Å². The summed E-state index contributed by atoms with van der Waals surface area (Å²) in [7, 11) is -2.34. The molecule has 0 amide bonds. The van der Waals surface area contributed by atoms with E-state index in [0.717, 1.165) is 12.0 Å². The second-order valence-corrected chi connectivity index (χ2v) is 12.1. The number of rotatable bonds is 6. The fraction of sp³-hybridized carbons (Fsp3) is 0.444. The van der Waals surface area contributed by atoms with Gasteiger partial charge in [0.2, 0.25) is 10.0 Å². The molecule has 0 radical (unpaired) electrons. The Balaban J connectivity index is 1.37. The SMILES string of the molecule is COC(=O)[C@@H]1C[C@H](n2cnnc2)CCN1c1ccc(CN2C(C)CCC(c3ccccc3)S2(=O)=O)c(F)c1. The number of ether oxygens (including phenoxy) is 1. The molecule has 9 nitrogen and oxygen atoms in total. The predicted molar refractivity (Wildman–Crippen MR) is 140 cm³/mol. The molecule has 2 aliphatic heterocycles. The van der Waals surface area contributed by atoms with Crippen molar-refractivity contribution in [1.82, 2.24) is 19.1 Å². The highest BCUT2D eigenvalue weighted by atomic mass is 32.2. The minimum absolute atomic E-state index is 0.0258. The monoisotopic (exact) mass is 541 g/mol. The number of halogens is 1. The summed E-state index contributed by atoms with van der Waals surface area (Å²) in [5, 5.41) is 7.07. The molecule has 0 N–H and O–H groups in total. The third-order valence-electron chi connectivity index (χ3n) is 7.80. The van der Waals surface area contributed by atoms with Crippen LogP contribution in [0.3, 0.4) is 0 Å². The zero-order chi connectivity index (χ0) is 26.9. The molecule has 1 aromatic heterocycles. The van der Waals surface area contributed by atoms with E-state index in [1.807, 2.05) is 46.7 Å². The molecule has 5 rings (SSSR count). The third kappa shape index (κ3) is 5.04. The van der Waals surface area contributed by atoms with Gasteiger partial charge in [-0.25, -0.2) is 17.6 Å². The third-order valence-corrected chi connectivity index (χ3v) is 10.2. The summed E-state index contributed by atoms with van der Waals surface area (Å²) in [6.07, 6.45) is 5.67. The summed E-state index contributed by atoms with van der Waals surface area (Å²) in [5.74, 6) is -0.899. The Morgan fingerprint density at radius 1 is 1.08 bits per heavy atom. The number of carbonyl (C=O) groups is 1. The molecule has 202 valence electrons. The number of aromatic nitrogens is 3. The standard InChI is InChI=1S/C27H32FN5O4S/c1-19-8-11-26(20-6-4-3-5-7-20)38(35,36)33(19)16-21-9-10-23(14-24(21)28)32-13-12-22(31-17-29-30-18-31)15-25(32)27(34)37-2/h3-7,9-10,14,17-19,22,25-26H,8,11-13,15-16H2,1-2H3/t19?,22-,25+,26?/m1/s1. The highest BCUT2D eigenvalue weighted by Gasteiger charge is 2.41. The van der Waals surface area contributed by atoms with Crippen LogP contribution in [0.2, 0.25) is 0 Å². The quantitative estimate of drug-likeness (QED) is 0.437. The van der Waals surface area contributed by atoms with Gasteiger partial charge in [-0.05, 0) is 50.3 Å². The van der Waals surface area contributed by atoms with Gasteiger partial charge in [-0.15, -0.1) is 10.2 Å². The van der Waals surface area contributed by atoms with Crippen molar-refractivity contribution in [2.75, 3.05) is 18.6 Å². The number of hydrogen-bond acceptors (Lipinski definition) is 7. The van der Waals surface area contributed by atoms with Crippen molar-refractivity contribution in [1.29, 1.82) is 0 Å². The maximum atomic E-state index is 15.5. The average Bonchev–Trinajstić information content (AvgIpc) is 3.46. The smallest absolute Gasteiger partial charge is 0.328 e. The van der Waals surface area contributed by atoms with Gasteiger partial charge in [0, 0.05) is 36.4 Å². The van der Waals surface area contributed by atoms with E-state index in [1.54, 1.807) is 24.8 Å². The van der Waals surface area contributed by atoms with Gasteiger partial charge >= 0.3 is 5.97 Å². The minimum Gasteiger partial charge on any atom is -0.467 e. The lowest BCUT2D eigenvalue weighted by Crippen LogP contribution is -2.48. The van der Waals surface area contributed by atoms with Crippen LogP contribution in [0, 0.1) is 5.82 Å². The van der Waals surface area contributed by atoms with Crippen LogP contribution < -0.4 is 4.90 Å². The van der Waals surface area contributed by atoms with Crippen molar-refractivity contribution in [3.63, 3.8) is 0 Å². The second-order valence-electron chi connectivity index (χ2n) is 10.0. The van der Waals surface area contributed by atoms with E-state index in [-0.39, 0.29) is 18.6 Å². The van der Waals surface area contributed by atoms with Gasteiger partial charge in [-0.1, -0.05) is 36.4 Å². The summed E-state index contributed by atoms with van der Waals surface area (Å²) < 4.78 is 51.0. The molecule has 2 unspecified atom stereocenters. The molecule has 2 saturated heterocycles. The van der Waals surface area contributed by atoms with Gasteiger partial charge in [0.05, 0.1) is 7.11 Å². The molecular weight excluding hydrogens is 509 g/mol. The Hall–Kier alpha value is -3.31. The number of methoxy groups -OCH3 is 1. The molecule has 3 heterocycles. The van der Waals surface area contributed by atoms with Crippen LogP contribution in [0.5, 0.6) is 0 Å². The normalized spacial score (nSPS) is 25.7. The Labute approximate surface area is 222 Å². The Morgan fingerprint density at radius 3 is 2.50 bits per heavy atom. The number of nitrogens with zero attached hydrogens (tertiary/aromatic N) is 5. The number of piperidine rings is 1. The zero-order valence-corrected chi connectivity index (χ0v) is 22.3. The van der Waals surface area contributed by atoms with E-state index >= 15 is 4.39 Å². The summed E-state index contributed by atoms with van der Waals surface area (Å²) >= 11 is 0. The van der Waals surface area contributed by atoms with Crippen LogP contribution in [-0.2, 0) is 26.1 Å². The maximum absolute atomic E-state index is 15.5. The highest BCUT2D eigenvalue weighted by Crippen LogP contribution is 2.39. The van der Waals surface area contributed by atoms with E-state index in [9.17, 15) is 13.2 Å². The minimum atomic E-state index is -3.68. The lowest BCUT2D eigenvalue weighted by molar-refractivity contribution is -0.143. The first-order valence-electron chi connectivity index (χ1n) is 12.8. The van der Waals surface area contributed by atoms with Crippen LogP contribution >= 0.6 is 0 Å². The molecule has 3 aromatic rings. The van der Waals surface area contributed by atoms with Crippen LogP contribution in [0.4, 0.5) is 10.1 Å². The van der Waals surface area contributed by atoms with Gasteiger partial charge in [0.25, 0.3) is 0 Å². The first-order chi connectivity index (χ1) is 18.3. The number of benzene rings is 2. The molecule has 0 spiro atoms. The zero-order valence-electron chi connectivity index (χ0n) is 21.5. The van der Waals surface area contributed by atoms with Crippen molar-refractivity contribution in [3.05, 3.63) is 78.1 Å². The summed E-state index contributed by atoms with van der Waals surface area (Å²) in [4.78, 5) is 14.5. The van der Waals surface area contributed by atoms with Gasteiger partial charge < -0.3 is 14.2 Å². The molecule has 2 aromatic carbocycles. The summed E-state index contributed by atoms with van der Waals surface area (Å²) in [6.45, 7) is 2.33. The molecule has 0 aliphatic carbocycles. The lowest BCUT2D eigenvalue weighted by Gasteiger charge is -2.40. The number of anilines is 1. The van der Waals surface area contributed by atoms with E-state index in [0.29, 0.717) is 37.1 Å². The molecule has 4 atom stereocenters. The molecule has 0 saturated carbocycles. The fourth-order valence-corrected chi connectivity index (χ4v) is 7.83. The number of carbonyl (C=O) groups excluding carboxylic acids is 1. The largest absolute Gasteiger partial charge is 0.467 e. The summed E-state index contributed by atoms with van der Waals surface area (Å²) in [5.41, 5.74) is 1.61. The van der Waals surface area contributed by atoms with Crippen molar-refractivity contribution in [2.45, 2.75) is 62.5 Å². The maximum Gasteiger partial charge on any atom is 0.328 e. The number of hydrogen-bond donors (Lipinski definition) is 0. The van der Waals surface area contributed by atoms with Gasteiger partial charge in [0.1, 0.15) is 29.8 Å². The Morgan fingerprint density at radius 2 is 1.82 bits per heavy atom. The topological polar surface area (TPSA) is 97.6 Å². The predicted octanol–water partition coefficient (Wildman–Crippen LogP) is 3.86. The van der Waals surface area contributed by atoms with E-state index in [2.05, 4.69) is 10.2 Å². The second kappa shape index (κ2) is 10.8. The molecular formula is C27H32FN5O4S. The Bertz CT molecular complexity index is 1370. The molecule has 2 aliphatic rings. The lowest BCUT2D eigenvalue weighted by atomic mass is 9.96. The first kappa shape index (κ1) is 26.3. The van der Waals surface area contributed by atoms with Crippen LogP contribution in [-0.4, -0.2) is 59.2 Å². The van der Waals surface area contributed by atoms with E-state index in [4.69, 9.17) is 4.74 Å². The van der Waals surface area contributed by atoms with Gasteiger partial charge in [-0.2, -0.15) is 4.31 Å². The average molecular weight is 542 g/mol. The van der Waals surface area contributed by atoms with Crippen molar-refractivity contribution in [2.24, 2.45) is 0 Å². The van der Waals surface area contributed by atoms with Crippen LogP contribution in [0.15, 0.2) is 61.2 Å². The molecule has 2 fully saturated rings. The molecule has 38 heavy (non-hydrogen) atoms. The molecule has 11 heteroatoms. The Kier molecular flexibility index (Phi) is 7.49.